The highest BCUT2D eigenvalue weighted by Gasteiger charge is 2.35. The highest BCUT2D eigenvalue weighted by molar-refractivity contribution is 5.96. The summed E-state index contributed by atoms with van der Waals surface area (Å²) >= 11 is 0. The maximum atomic E-state index is 11.7. The number of carboxylic acids is 2. The SMILES string of the molecule is NCC1=C(C(=O)O)C(Nc2ccccc2)C(CN)=C(C(=O)O)C1. The highest BCUT2D eigenvalue weighted by atomic mass is 16.4. The van der Waals surface area contributed by atoms with Crippen molar-refractivity contribution in [1.29, 1.82) is 0 Å². The van der Waals surface area contributed by atoms with Crippen LogP contribution in [0.2, 0.25) is 0 Å². The lowest BCUT2D eigenvalue weighted by Crippen LogP contribution is -2.38. The van der Waals surface area contributed by atoms with Gasteiger partial charge in [-0.1, -0.05) is 18.2 Å². The van der Waals surface area contributed by atoms with Crippen molar-refractivity contribution in [3.8, 4) is 0 Å². The van der Waals surface area contributed by atoms with Crippen LogP contribution in [0.3, 0.4) is 0 Å². The molecule has 0 amide bonds. The smallest absolute Gasteiger partial charge is 0.334 e. The van der Waals surface area contributed by atoms with Crippen LogP contribution in [0.1, 0.15) is 6.42 Å². The van der Waals surface area contributed by atoms with Gasteiger partial charge in [-0.25, -0.2) is 9.59 Å². The third-order valence-corrected chi connectivity index (χ3v) is 3.84. The van der Waals surface area contributed by atoms with Crippen molar-refractivity contribution in [3.63, 3.8) is 0 Å². The largest absolute Gasteiger partial charge is 0.478 e. The van der Waals surface area contributed by atoms with Crippen LogP contribution in [-0.2, 0) is 9.59 Å². The summed E-state index contributed by atoms with van der Waals surface area (Å²) in [5.41, 5.74) is 12.9. The van der Waals surface area contributed by atoms with E-state index < -0.39 is 18.0 Å². The summed E-state index contributed by atoms with van der Waals surface area (Å²) in [5, 5.41) is 22.0. The first kappa shape index (κ1) is 16.7. The molecule has 7 nitrogen and oxygen atoms in total. The number of anilines is 1. The number of hydrogen-bond acceptors (Lipinski definition) is 5. The minimum Gasteiger partial charge on any atom is -0.478 e. The van der Waals surface area contributed by atoms with Gasteiger partial charge in [0.2, 0.25) is 0 Å². The second-order valence-electron chi connectivity index (χ2n) is 5.16. The molecule has 122 valence electrons. The predicted octanol–water partition coefficient (Wildman–Crippen LogP) is 0.551. The minimum atomic E-state index is -1.13. The third kappa shape index (κ3) is 3.41. The Balaban J connectivity index is 2.55. The van der Waals surface area contributed by atoms with E-state index in [9.17, 15) is 19.8 Å². The molecule has 0 aliphatic heterocycles. The van der Waals surface area contributed by atoms with Crippen LogP contribution in [0.4, 0.5) is 5.69 Å². The summed E-state index contributed by atoms with van der Waals surface area (Å²) < 4.78 is 0. The van der Waals surface area contributed by atoms with Gasteiger partial charge in [0.15, 0.2) is 0 Å². The molecule has 0 aromatic heterocycles. The summed E-state index contributed by atoms with van der Waals surface area (Å²) in [6.45, 7) is -0.0794. The van der Waals surface area contributed by atoms with Crippen molar-refractivity contribution in [2.75, 3.05) is 18.4 Å². The van der Waals surface area contributed by atoms with E-state index in [1.165, 1.54) is 0 Å². The minimum absolute atomic E-state index is 0.00697. The molecule has 7 N–H and O–H groups in total. The van der Waals surface area contributed by atoms with Crippen molar-refractivity contribution in [2.45, 2.75) is 12.5 Å². The van der Waals surface area contributed by atoms with Crippen LogP contribution < -0.4 is 16.8 Å². The Kier molecular flexibility index (Phi) is 5.15. The van der Waals surface area contributed by atoms with Gasteiger partial charge in [0, 0.05) is 30.8 Å². The van der Waals surface area contributed by atoms with Crippen LogP contribution in [0.5, 0.6) is 0 Å². The number of carboxylic acid groups (broad SMARTS) is 2. The molecule has 0 spiro atoms. The van der Waals surface area contributed by atoms with Crippen LogP contribution in [0, 0.1) is 0 Å². The van der Waals surface area contributed by atoms with Gasteiger partial charge in [-0.2, -0.15) is 0 Å². The number of hydrogen-bond donors (Lipinski definition) is 5. The van der Waals surface area contributed by atoms with Crippen molar-refractivity contribution < 1.29 is 19.8 Å². The lowest BCUT2D eigenvalue weighted by Gasteiger charge is -2.31. The van der Waals surface area contributed by atoms with E-state index in [1.807, 2.05) is 6.07 Å². The molecule has 23 heavy (non-hydrogen) atoms. The van der Waals surface area contributed by atoms with E-state index in [1.54, 1.807) is 24.3 Å². The van der Waals surface area contributed by atoms with Gasteiger partial charge in [0.05, 0.1) is 11.6 Å². The Bertz CT molecular complexity index is 680. The standard InChI is InChI=1S/C16H19N3O4/c17-7-9-6-11(15(20)21)12(8-18)14(13(9)16(22)23)19-10-4-2-1-3-5-10/h1-5,14,19H,6-8,17-18H2,(H,20,21)(H,22,23). The fraction of sp³-hybridized carbons (Fsp3) is 0.250. The van der Waals surface area contributed by atoms with Gasteiger partial charge in [0.1, 0.15) is 0 Å². The van der Waals surface area contributed by atoms with Gasteiger partial charge in [-0.05, 0) is 23.3 Å². The molecule has 0 bridgehead atoms. The first-order valence-corrected chi connectivity index (χ1v) is 7.11. The van der Waals surface area contributed by atoms with Crippen molar-refractivity contribution >= 4 is 17.6 Å². The number of nitrogens with one attached hydrogen (secondary N) is 1. The molecule has 0 heterocycles. The van der Waals surface area contributed by atoms with Gasteiger partial charge in [-0.3, -0.25) is 0 Å². The van der Waals surface area contributed by atoms with E-state index in [4.69, 9.17) is 11.5 Å². The Morgan fingerprint density at radius 3 is 2.22 bits per heavy atom. The number of nitrogens with two attached hydrogens (primary N) is 2. The Morgan fingerprint density at radius 2 is 1.74 bits per heavy atom. The van der Waals surface area contributed by atoms with Crippen LogP contribution in [0.15, 0.2) is 52.6 Å². The summed E-state index contributed by atoms with van der Waals surface area (Å²) in [6.07, 6.45) is -0.00697. The molecule has 0 fully saturated rings. The molecule has 7 heteroatoms. The second-order valence-corrected chi connectivity index (χ2v) is 5.16. The topological polar surface area (TPSA) is 139 Å². The van der Waals surface area contributed by atoms with Gasteiger partial charge < -0.3 is 27.0 Å². The van der Waals surface area contributed by atoms with Gasteiger partial charge in [0.25, 0.3) is 0 Å². The zero-order chi connectivity index (χ0) is 17.0. The number of aliphatic carboxylic acids is 2. The summed E-state index contributed by atoms with van der Waals surface area (Å²) in [4.78, 5) is 23.2. The average Bonchev–Trinajstić information content (AvgIpc) is 2.54. The fourth-order valence-corrected chi connectivity index (χ4v) is 2.75. The predicted molar refractivity (Wildman–Crippen MR) is 85.9 cm³/mol. The van der Waals surface area contributed by atoms with Crippen LogP contribution in [-0.4, -0.2) is 41.3 Å². The number of para-hydroxylation sites is 1. The monoisotopic (exact) mass is 317 g/mol. The Hall–Kier alpha value is -2.64. The van der Waals surface area contributed by atoms with Crippen LogP contribution >= 0.6 is 0 Å². The molecule has 0 saturated carbocycles. The van der Waals surface area contributed by atoms with Crippen molar-refractivity contribution in [3.05, 3.63) is 52.6 Å². The molecule has 0 saturated heterocycles. The Labute approximate surface area is 133 Å². The van der Waals surface area contributed by atoms with E-state index in [0.29, 0.717) is 16.8 Å². The van der Waals surface area contributed by atoms with E-state index in [0.717, 1.165) is 0 Å². The first-order valence-electron chi connectivity index (χ1n) is 7.11. The number of carbonyl (C=O) groups is 2. The van der Waals surface area contributed by atoms with Crippen molar-refractivity contribution in [1.82, 2.24) is 0 Å². The first-order chi connectivity index (χ1) is 11.0. The Morgan fingerprint density at radius 1 is 1.09 bits per heavy atom. The summed E-state index contributed by atoms with van der Waals surface area (Å²) in [6, 6.07) is 8.13. The lowest BCUT2D eigenvalue weighted by molar-refractivity contribution is -0.134. The molecule has 1 unspecified atom stereocenters. The maximum absolute atomic E-state index is 11.7. The van der Waals surface area contributed by atoms with E-state index in [2.05, 4.69) is 5.32 Å². The van der Waals surface area contributed by atoms with Gasteiger partial charge >= 0.3 is 11.9 Å². The summed E-state index contributed by atoms with van der Waals surface area (Å²) in [5.74, 6) is -2.24. The molecule has 1 aliphatic rings. The molecule has 1 aromatic rings. The van der Waals surface area contributed by atoms with E-state index >= 15 is 0 Å². The zero-order valence-electron chi connectivity index (χ0n) is 12.5. The maximum Gasteiger partial charge on any atom is 0.334 e. The van der Waals surface area contributed by atoms with E-state index in [-0.39, 0.29) is 30.7 Å². The number of benzene rings is 1. The molecule has 0 radical (unpaired) electrons. The zero-order valence-corrected chi connectivity index (χ0v) is 12.5. The number of rotatable bonds is 6. The lowest BCUT2D eigenvalue weighted by atomic mass is 9.81. The van der Waals surface area contributed by atoms with Crippen LogP contribution in [0.25, 0.3) is 0 Å². The quantitative estimate of drug-likeness (QED) is 0.516. The second kappa shape index (κ2) is 7.08. The highest BCUT2D eigenvalue weighted by Crippen LogP contribution is 2.32. The van der Waals surface area contributed by atoms with Gasteiger partial charge in [-0.15, -0.1) is 0 Å². The molecule has 1 atom stereocenters. The third-order valence-electron chi connectivity index (χ3n) is 3.84. The fourth-order valence-electron chi connectivity index (χ4n) is 2.75. The molecular formula is C16H19N3O4. The molecule has 2 rings (SSSR count). The molecule has 1 aromatic carbocycles. The van der Waals surface area contributed by atoms with Crippen molar-refractivity contribution in [2.24, 2.45) is 11.5 Å². The normalized spacial score (nSPS) is 18.1. The molecular weight excluding hydrogens is 298 g/mol. The average molecular weight is 317 g/mol. The summed E-state index contributed by atoms with van der Waals surface area (Å²) in [7, 11) is 0. The molecule has 1 aliphatic carbocycles.